The number of nitrogens with two attached hydrogens (primary N) is 1. The third-order valence-corrected chi connectivity index (χ3v) is 5.08. The molecule has 6 heteroatoms. The molecule has 2 aromatic rings. The molecule has 0 bridgehead atoms. The van der Waals surface area contributed by atoms with Crippen molar-refractivity contribution in [2.24, 2.45) is 5.73 Å². The van der Waals surface area contributed by atoms with Crippen LogP contribution in [0.25, 0.3) is 0 Å². The monoisotopic (exact) mass is 342 g/mol. The number of allylic oxidation sites excluding steroid dienone is 1. The first-order valence-corrected chi connectivity index (χ1v) is 8.01. The third kappa shape index (κ3) is 2.91. The number of nitriles is 1. The van der Waals surface area contributed by atoms with Crippen molar-refractivity contribution in [2.45, 2.75) is 11.2 Å². The predicted octanol–water partition coefficient (Wildman–Crippen LogP) is 3.74. The lowest BCUT2D eigenvalue weighted by atomic mass is 9.86. The number of thioether (sulfide) groups is 1. The number of carbonyl (C=O) groups excluding carboxylic acids is 1. The molecule has 0 saturated heterocycles. The van der Waals surface area contributed by atoms with Crippen LogP contribution in [0.4, 0.5) is 8.78 Å². The molecule has 0 spiro atoms. The number of rotatable bonds is 3. The average molecular weight is 342 g/mol. The smallest absolute Gasteiger partial charge is 0.177 e. The van der Waals surface area contributed by atoms with Crippen LogP contribution >= 0.6 is 11.8 Å². The van der Waals surface area contributed by atoms with Crippen LogP contribution in [0.1, 0.15) is 21.8 Å². The number of hydrogen-bond acceptors (Lipinski definition) is 4. The van der Waals surface area contributed by atoms with E-state index in [1.54, 1.807) is 12.1 Å². The molecule has 0 amide bonds. The van der Waals surface area contributed by atoms with Crippen molar-refractivity contribution in [1.29, 1.82) is 5.26 Å². The highest BCUT2D eigenvalue weighted by Crippen LogP contribution is 2.46. The van der Waals surface area contributed by atoms with Gasteiger partial charge in [0.15, 0.2) is 5.78 Å². The Kier molecular flexibility index (Phi) is 4.36. The summed E-state index contributed by atoms with van der Waals surface area (Å²) in [7, 11) is 0. The fourth-order valence-corrected chi connectivity index (χ4v) is 3.94. The molecule has 0 fully saturated rings. The molecule has 24 heavy (non-hydrogen) atoms. The molecule has 0 aromatic heterocycles. The van der Waals surface area contributed by atoms with Crippen LogP contribution in [0.2, 0.25) is 0 Å². The highest BCUT2D eigenvalue weighted by molar-refractivity contribution is 8.04. The van der Waals surface area contributed by atoms with Crippen molar-refractivity contribution in [3.63, 3.8) is 0 Å². The minimum atomic E-state index is -0.643. The first-order chi connectivity index (χ1) is 11.5. The van der Waals surface area contributed by atoms with E-state index in [2.05, 4.69) is 6.07 Å². The van der Waals surface area contributed by atoms with Crippen LogP contribution in [-0.4, -0.2) is 11.0 Å². The Morgan fingerprint density at radius 1 is 1.04 bits per heavy atom. The van der Waals surface area contributed by atoms with Gasteiger partial charge in [0.1, 0.15) is 11.6 Å². The van der Waals surface area contributed by atoms with E-state index in [4.69, 9.17) is 5.73 Å². The van der Waals surface area contributed by atoms with Gasteiger partial charge in [0, 0.05) is 11.5 Å². The van der Waals surface area contributed by atoms with Gasteiger partial charge in [-0.2, -0.15) is 5.26 Å². The molecule has 2 N–H and O–H groups in total. The lowest BCUT2D eigenvalue weighted by Gasteiger charge is -2.19. The fourth-order valence-electron chi connectivity index (χ4n) is 2.69. The Morgan fingerprint density at radius 2 is 1.58 bits per heavy atom. The lowest BCUT2D eigenvalue weighted by Crippen LogP contribution is -2.23. The summed E-state index contributed by atoms with van der Waals surface area (Å²) in [5.41, 5.74) is 7.19. The molecule has 3 nitrogen and oxygen atoms in total. The lowest BCUT2D eigenvalue weighted by molar-refractivity contribution is 0.0985. The molecule has 0 aliphatic carbocycles. The molecule has 1 aliphatic rings. The molecule has 0 radical (unpaired) electrons. The zero-order valence-corrected chi connectivity index (χ0v) is 13.2. The maximum atomic E-state index is 13.2. The SMILES string of the molecule is N#CC1=C(N)S[C@H](C(=O)c2ccc(F)cc2)[C@@H]1c1ccc(F)cc1. The molecule has 0 unspecified atom stereocenters. The highest BCUT2D eigenvalue weighted by Gasteiger charge is 2.40. The molecule has 1 heterocycles. The largest absolute Gasteiger partial charge is 0.393 e. The molecular formula is C18H12F2N2OS. The van der Waals surface area contributed by atoms with E-state index in [-0.39, 0.29) is 10.8 Å². The van der Waals surface area contributed by atoms with E-state index in [1.165, 1.54) is 36.4 Å². The summed E-state index contributed by atoms with van der Waals surface area (Å²) in [6.45, 7) is 0. The number of carbonyl (C=O) groups is 1. The van der Waals surface area contributed by atoms with Crippen molar-refractivity contribution in [2.75, 3.05) is 0 Å². The predicted molar refractivity (Wildman–Crippen MR) is 88.1 cm³/mol. The summed E-state index contributed by atoms with van der Waals surface area (Å²) >= 11 is 1.11. The van der Waals surface area contributed by atoms with Gasteiger partial charge in [0.2, 0.25) is 0 Å². The van der Waals surface area contributed by atoms with E-state index in [9.17, 15) is 18.8 Å². The number of benzene rings is 2. The van der Waals surface area contributed by atoms with Crippen molar-refractivity contribution in [1.82, 2.24) is 0 Å². The van der Waals surface area contributed by atoms with Crippen molar-refractivity contribution in [3.05, 3.63) is 81.9 Å². The summed E-state index contributed by atoms with van der Waals surface area (Å²) in [5.74, 6) is -1.64. The maximum absolute atomic E-state index is 13.2. The van der Waals surface area contributed by atoms with Crippen LogP contribution in [0.5, 0.6) is 0 Å². The number of Topliss-reactive ketones (excluding diaryl/α,β-unsaturated/α-hetero) is 1. The average Bonchev–Trinajstić information content (AvgIpc) is 2.92. The van der Waals surface area contributed by atoms with Crippen LogP contribution in [0, 0.1) is 23.0 Å². The molecule has 3 rings (SSSR count). The van der Waals surface area contributed by atoms with E-state index < -0.39 is 22.8 Å². The molecule has 1 aliphatic heterocycles. The van der Waals surface area contributed by atoms with Gasteiger partial charge >= 0.3 is 0 Å². The number of hydrogen-bond donors (Lipinski definition) is 1. The Labute approximate surface area is 141 Å². The van der Waals surface area contributed by atoms with E-state index in [0.717, 1.165) is 11.8 Å². The molecular weight excluding hydrogens is 330 g/mol. The second kappa shape index (κ2) is 6.46. The van der Waals surface area contributed by atoms with Gasteiger partial charge in [-0.1, -0.05) is 23.9 Å². The van der Waals surface area contributed by atoms with E-state index >= 15 is 0 Å². The second-order valence-corrected chi connectivity index (χ2v) is 6.51. The van der Waals surface area contributed by atoms with Crippen molar-refractivity contribution in [3.8, 4) is 6.07 Å². The zero-order chi connectivity index (χ0) is 17.3. The quantitative estimate of drug-likeness (QED) is 0.863. The summed E-state index contributed by atoms with van der Waals surface area (Å²) in [5, 5.41) is 9.03. The van der Waals surface area contributed by atoms with Gasteiger partial charge in [-0.25, -0.2) is 8.78 Å². The topological polar surface area (TPSA) is 66.9 Å². The van der Waals surface area contributed by atoms with Crippen LogP contribution < -0.4 is 5.73 Å². The summed E-state index contributed by atoms with van der Waals surface area (Å²) in [4.78, 5) is 12.8. The molecule has 0 saturated carbocycles. The van der Waals surface area contributed by atoms with Crippen LogP contribution in [0.3, 0.4) is 0 Å². The van der Waals surface area contributed by atoms with Gasteiger partial charge in [-0.05, 0) is 42.0 Å². The molecule has 2 atom stereocenters. The normalized spacial score (nSPS) is 20.0. The van der Waals surface area contributed by atoms with Gasteiger partial charge in [-0.3, -0.25) is 4.79 Å². The Balaban J connectivity index is 2.00. The minimum Gasteiger partial charge on any atom is -0.393 e. The first-order valence-electron chi connectivity index (χ1n) is 7.13. The molecule has 2 aromatic carbocycles. The van der Waals surface area contributed by atoms with Crippen LogP contribution in [0.15, 0.2) is 59.1 Å². The highest BCUT2D eigenvalue weighted by atomic mass is 32.2. The first kappa shape index (κ1) is 16.2. The van der Waals surface area contributed by atoms with Gasteiger partial charge < -0.3 is 5.73 Å². The number of halogens is 2. The Hall–Kier alpha value is -2.65. The summed E-state index contributed by atoms with van der Waals surface area (Å²) in [6, 6.07) is 12.9. The van der Waals surface area contributed by atoms with Gasteiger partial charge in [0.05, 0.1) is 21.9 Å². The zero-order valence-electron chi connectivity index (χ0n) is 12.4. The summed E-state index contributed by atoms with van der Waals surface area (Å²) < 4.78 is 26.2. The third-order valence-electron chi connectivity index (χ3n) is 3.87. The molecule has 120 valence electrons. The van der Waals surface area contributed by atoms with Crippen LogP contribution in [-0.2, 0) is 0 Å². The number of nitrogens with zero attached hydrogens (tertiary/aromatic N) is 1. The Morgan fingerprint density at radius 3 is 2.12 bits per heavy atom. The fraction of sp³-hybridized carbons (Fsp3) is 0.111. The Bertz CT molecular complexity index is 854. The van der Waals surface area contributed by atoms with Gasteiger partial charge in [-0.15, -0.1) is 0 Å². The van der Waals surface area contributed by atoms with E-state index in [1.807, 2.05) is 0 Å². The maximum Gasteiger partial charge on any atom is 0.177 e. The van der Waals surface area contributed by atoms with E-state index in [0.29, 0.717) is 16.7 Å². The minimum absolute atomic E-state index is 0.248. The van der Waals surface area contributed by atoms with Crippen molar-refractivity contribution >= 4 is 17.5 Å². The second-order valence-electron chi connectivity index (χ2n) is 5.33. The van der Waals surface area contributed by atoms with Crippen molar-refractivity contribution < 1.29 is 13.6 Å². The summed E-state index contributed by atoms with van der Waals surface area (Å²) in [6.07, 6.45) is 0. The van der Waals surface area contributed by atoms with Gasteiger partial charge in [0.25, 0.3) is 0 Å². The standard InChI is InChI=1S/C18H12F2N2OS/c19-12-5-1-10(2-6-12)15-14(9-21)18(22)24-17(15)16(23)11-3-7-13(20)8-4-11/h1-8,15,17H,22H2/t15-,17+/m1/s1. The number of ketones is 1.